The largest absolute Gasteiger partial charge is 0.329 e. The maximum Gasteiger partial charge on any atom is 0.254 e. The van der Waals surface area contributed by atoms with Crippen molar-refractivity contribution in [3.05, 3.63) is 64.2 Å². The summed E-state index contributed by atoms with van der Waals surface area (Å²) in [6, 6.07) is 13.1. The van der Waals surface area contributed by atoms with Gasteiger partial charge in [-0.15, -0.1) is 0 Å². The van der Waals surface area contributed by atoms with Gasteiger partial charge in [0.15, 0.2) is 0 Å². The number of hydrogen-bond donors (Lipinski definition) is 2. The first-order chi connectivity index (χ1) is 12.6. The molecule has 5 nitrogen and oxygen atoms in total. The van der Waals surface area contributed by atoms with Gasteiger partial charge in [-0.05, 0) is 41.8 Å². The number of amides is 2. The van der Waals surface area contributed by atoms with Crippen molar-refractivity contribution < 1.29 is 9.59 Å². The quantitative estimate of drug-likeness (QED) is 0.855. The number of aryl methyl sites for hydroxylation is 1. The highest BCUT2D eigenvalue weighted by atomic mass is 35.5. The Hall–Kier alpha value is -2.37. The lowest BCUT2D eigenvalue weighted by Gasteiger charge is -2.37. The Morgan fingerprint density at radius 2 is 2.00 bits per heavy atom. The fraction of sp³-hybridized carbons (Fsp3) is 0.300. The molecule has 0 aliphatic carbocycles. The highest BCUT2D eigenvalue weighted by Gasteiger charge is 2.30. The van der Waals surface area contributed by atoms with Gasteiger partial charge < -0.3 is 15.5 Å². The van der Waals surface area contributed by atoms with Crippen LogP contribution in [-0.4, -0.2) is 36.3 Å². The summed E-state index contributed by atoms with van der Waals surface area (Å²) in [6.07, 6.45) is 1.12. The summed E-state index contributed by atoms with van der Waals surface area (Å²) < 4.78 is 0. The molecule has 2 heterocycles. The van der Waals surface area contributed by atoms with Gasteiger partial charge in [-0.3, -0.25) is 9.59 Å². The van der Waals surface area contributed by atoms with Crippen molar-refractivity contribution in [1.29, 1.82) is 0 Å². The van der Waals surface area contributed by atoms with Gasteiger partial charge in [-0.25, -0.2) is 0 Å². The minimum Gasteiger partial charge on any atom is -0.329 e. The summed E-state index contributed by atoms with van der Waals surface area (Å²) in [7, 11) is 0. The SMILES string of the molecule is O=C1CCc2cc(C(=O)N3CCNCC3c3ccccc3Cl)ccc2N1. The maximum atomic E-state index is 13.2. The van der Waals surface area contributed by atoms with Crippen LogP contribution in [0.5, 0.6) is 0 Å². The van der Waals surface area contributed by atoms with E-state index >= 15 is 0 Å². The molecule has 1 atom stereocenters. The normalized spacial score (nSPS) is 19.7. The Kier molecular flexibility index (Phi) is 4.66. The molecule has 0 spiro atoms. The molecule has 0 bridgehead atoms. The van der Waals surface area contributed by atoms with E-state index in [-0.39, 0.29) is 17.9 Å². The third-order valence-electron chi connectivity index (χ3n) is 5.02. The molecule has 1 unspecified atom stereocenters. The van der Waals surface area contributed by atoms with Crippen LogP contribution >= 0.6 is 11.6 Å². The van der Waals surface area contributed by atoms with Crippen molar-refractivity contribution in [2.24, 2.45) is 0 Å². The molecule has 2 aliphatic rings. The first kappa shape index (κ1) is 17.1. The number of halogens is 1. The number of hydrogen-bond acceptors (Lipinski definition) is 3. The number of anilines is 1. The zero-order valence-electron chi connectivity index (χ0n) is 14.3. The molecule has 0 saturated carbocycles. The average Bonchev–Trinajstić information content (AvgIpc) is 2.67. The summed E-state index contributed by atoms with van der Waals surface area (Å²) in [5.41, 5.74) is 3.43. The topological polar surface area (TPSA) is 61.4 Å². The minimum absolute atomic E-state index is 0.00359. The number of nitrogens with zero attached hydrogens (tertiary/aromatic N) is 1. The van der Waals surface area contributed by atoms with Crippen LogP contribution in [0.2, 0.25) is 5.02 Å². The summed E-state index contributed by atoms with van der Waals surface area (Å²) in [4.78, 5) is 26.6. The molecule has 6 heteroatoms. The summed E-state index contributed by atoms with van der Waals surface area (Å²) >= 11 is 6.38. The minimum atomic E-state index is -0.0966. The summed E-state index contributed by atoms with van der Waals surface area (Å²) in [6.45, 7) is 2.06. The highest BCUT2D eigenvalue weighted by Crippen LogP contribution is 2.31. The van der Waals surface area contributed by atoms with Crippen molar-refractivity contribution in [3.8, 4) is 0 Å². The van der Waals surface area contributed by atoms with Crippen LogP contribution in [0.3, 0.4) is 0 Å². The molecule has 2 amide bonds. The number of piperazine rings is 1. The number of nitrogens with one attached hydrogen (secondary N) is 2. The van der Waals surface area contributed by atoms with E-state index in [1.54, 1.807) is 6.07 Å². The van der Waals surface area contributed by atoms with Crippen molar-refractivity contribution in [1.82, 2.24) is 10.2 Å². The molecule has 26 heavy (non-hydrogen) atoms. The Morgan fingerprint density at radius 3 is 2.85 bits per heavy atom. The number of carbonyl (C=O) groups is 2. The lowest BCUT2D eigenvalue weighted by atomic mass is 9.98. The Morgan fingerprint density at radius 1 is 1.15 bits per heavy atom. The molecule has 1 saturated heterocycles. The molecule has 4 rings (SSSR count). The molecule has 1 fully saturated rings. The lowest BCUT2D eigenvalue weighted by Crippen LogP contribution is -2.48. The van der Waals surface area contributed by atoms with Gasteiger partial charge in [0.2, 0.25) is 5.91 Å². The van der Waals surface area contributed by atoms with Gasteiger partial charge in [0.25, 0.3) is 5.91 Å². The van der Waals surface area contributed by atoms with E-state index < -0.39 is 0 Å². The lowest BCUT2D eigenvalue weighted by molar-refractivity contribution is -0.116. The highest BCUT2D eigenvalue weighted by molar-refractivity contribution is 6.31. The predicted octanol–water partition coefficient (Wildman–Crippen LogP) is 3.01. The van der Waals surface area contributed by atoms with Crippen LogP contribution in [0.1, 0.15) is 33.9 Å². The Labute approximate surface area is 157 Å². The van der Waals surface area contributed by atoms with E-state index in [0.29, 0.717) is 36.5 Å². The van der Waals surface area contributed by atoms with Crippen molar-refractivity contribution in [2.75, 3.05) is 25.0 Å². The maximum absolute atomic E-state index is 13.2. The third-order valence-corrected chi connectivity index (χ3v) is 5.36. The average molecular weight is 370 g/mol. The van der Waals surface area contributed by atoms with E-state index in [1.165, 1.54) is 0 Å². The van der Waals surface area contributed by atoms with Gasteiger partial charge in [0.05, 0.1) is 6.04 Å². The molecule has 134 valence electrons. The van der Waals surface area contributed by atoms with Crippen LogP contribution in [0.25, 0.3) is 0 Å². The molecule has 2 aliphatic heterocycles. The second-order valence-electron chi connectivity index (χ2n) is 6.66. The number of rotatable bonds is 2. The van der Waals surface area contributed by atoms with Crippen LogP contribution in [0.4, 0.5) is 5.69 Å². The molecule has 2 aromatic rings. The van der Waals surface area contributed by atoms with E-state index in [0.717, 1.165) is 23.4 Å². The van der Waals surface area contributed by atoms with Gasteiger partial charge in [-0.1, -0.05) is 29.8 Å². The number of fused-ring (bicyclic) bond motifs is 1. The molecular formula is C20H20ClN3O2. The van der Waals surface area contributed by atoms with Crippen LogP contribution in [0.15, 0.2) is 42.5 Å². The third kappa shape index (κ3) is 3.20. The fourth-order valence-electron chi connectivity index (χ4n) is 3.65. The number of benzene rings is 2. The zero-order valence-corrected chi connectivity index (χ0v) is 15.1. The molecule has 0 aromatic heterocycles. The van der Waals surface area contributed by atoms with Gasteiger partial charge in [-0.2, -0.15) is 0 Å². The van der Waals surface area contributed by atoms with Crippen LogP contribution < -0.4 is 10.6 Å². The summed E-state index contributed by atoms with van der Waals surface area (Å²) in [5.74, 6) is 0.0218. The molecule has 0 radical (unpaired) electrons. The first-order valence-corrected chi connectivity index (χ1v) is 9.20. The van der Waals surface area contributed by atoms with Crippen LogP contribution in [0, 0.1) is 0 Å². The van der Waals surface area contributed by atoms with Gasteiger partial charge in [0, 0.05) is 42.3 Å². The second kappa shape index (κ2) is 7.09. The van der Waals surface area contributed by atoms with Crippen molar-refractivity contribution >= 4 is 29.1 Å². The van der Waals surface area contributed by atoms with E-state index in [1.807, 2.05) is 41.3 Å². The monoisotopic (exact) mass is 369 g/mol. The van der Waals surface area contributed by atoms with Crippen molar-refractivity contribution in [2.45, 2.75) is 18.9 Å². The molecular weight excluding hydrogens is 350 g/mol. The zero-order chi connectivity index (χ0) is 18.1. The van der Waals surface area contributed by atoms with Crippen molar-refractivity contribution in [3.63, 3.8) is 0 Å². The fourth-order valence-corrected chi connectivity index (χ4v) is 3.91. The molecule has 2 N–H and O–H groups in total. The predicted molar refractivity (Wildman–Crippen MR) is 101 cm³/mol. The summed E-state index contributed by atoms with van der Waals surface area (Å²) in [5, 5.41) is 6.88. The van der Waals surface area contributed by atoms with Gasteiger partial charge in [0.1, 0.15) is 0 Å². The molecule has 2 aromatic carbocycles. The van der Waals surface area contributed by atoms with E-state index in [4.69, 9.17) is 11.6 Å². The van der Waals surface area contributed by atoms with Crippen LogP contribution in [-0.2, 0) is 11.2 Å². The van der Waals surface area contributed by atoms with E-state index in [9.17, 15) is 9.59 Å². The Balaban J connectivity index is 1.64. The Bertz CT molecular complexity index is 868. The second-order valence-corrected chi connectivity index (χ2v) is 7.07. The van der Waals surface area contributed by atoms with Gasteiger partial charge >= 0.3 is 0 Å². The van der Waals surface area contributed by atoms with E-state index in [2.05, 4.69) is 10.6 Å². The first-order valence-electron chi connectivity index (χ1n) is 8.82. The smallest absolute Gasteiger partial charge is 0.254 e. The standard InChI is InChI=1S/C20H20ClN3O2/c21-16-4-2-1-3-15(16)18-12-22-9-10-24(18)20(26)14-5-7-17-13(11-14)6-8-19(25)23-17/h1-5,7,11,18,22H,6,8-10,12H2,(H,23,25). The number of carbonyl (C=O) groups excluding carboxylic acids is 2.